The van der Waals surface area contributed by atoms with E-state index in [1.807, 2.05) is 91.0 Å². The molecule has 5 heteroatoms. The van der Waals surface area contributed by atoms with Crippen molar-refractivity contribution in [2.24, 2.45) is 10.1 Å². The topological polar surface area (TPSA) is 58.9 Å². The summed E-state index contributed by atoms with van der Waals surface area (Å²) < 4.78 is 5.43. The van der Waals surface area contributed by atoms with Crippen molar-refractivity contribution in [1.29, 1.82) is 0 Å². The summed E-state index contributed by atoms with van der Waals surface area (Å²) in [6.45, 7) is 0. The van der Waals surface area contributed by atoms with Crippen molar-refractivity contribution < 1.29 is 4.74 Å². The van der Waals surface area contributed by atoms with Gasteiger partial charge in [-0.3, -0.25) is 5.43 Å². The second-order valence-electron chi connectivity index (χ2n) is 6.30. The van der Waals surface area contributed by atoms with Crippen molar-refractivity contribution in [3.63, 3.8) is 0 Å². The molecule has 0 atom stereocenters. The molecular weight excluding hydrogens is 360 g/mol. The molecular formula is C24H20N4O. The van der Waals surface area contributed by atoms with E-state index in [1.165, 1.54) is 0 Å². The van der Waals surface area contributed by atoms with Crippen LogP contribution in [0, 0.1) is 0 Å². The smallest absolute Gasteiger partial charge is 0.173 e. The van der Waals surface area contributed by atoms with Crippen molar-refractivity contribution in [2.45, 2.75) is 0 Å². The van der Waals surface area contributed by atoms with Gasteiger partial charge in [0.25, 0.3) is 0 Å². The molecule has 1 aromatic heterocycles. The van der Waals surface area contributed by atoms with Crippen LogP contribution >= 0.6 is 0 Å². The Labute approximate surface area is 169 Å². The number of ether oxygens (including phenoxy) is 1. The summed E-state index contributed by atoms with van der Waals surface area (Å²) in [4.78, 5) is 9.49. The maximum Gasteiger partial charge on any atom is 0.173 e. The summed E-state index contributed by atoms with van der Waals surface area (Å²) in [5, 5.41) is 5.43. The summed E-state index contributed by atoms with van der Waals surface area (Å²) in [7, 11) is 1.63. The first-order chi connectivity index (χ1) is 14.3. The largest absolute Gasteiger partial charge is 0.494 e. The number of aromatic nitrogens is 1. The molecule has 142 valence electrons. The molecule has 5 nitrogen and oxygen atoms in total. The highest BCUT2D eigenvalue weighted by atomic mass is 16.5. The minimum Gasteiger partial charge on any atom is -0.494 e. The Bertz CT molecular complexity index is 1170. The average Bonchev–Trinajstić information content (AvgIpc) is 2.79. The van der Waals surface area contributed by atoms with Gasteiger partial charge in [-0.2, -0.15) is 5.10 Å². The number of rotatable bonds is 5. The maximum atomic E-state index is 5.43. The zero-order chi connectivity index (χ0) is 19.9. The van der Waals surface area contributed by atoms with Crippen LogP contribution in [0.4, 0.5) is 5.69 Å². The van der Waals surface area contributed by atoms with E-state index in [0.717, 1.165) is 16.5 Å². The van der Waals surface area contributed by atoms with E-state index in [-0.39, 0.29) is 0 Å². The fraction of sp³-hybridized carbons (Fsp3) is 0.0417. The molecule has 0 aliphatic heterocycles. The van der Waals surface area contributed by atoms with E-state index in [4.69, 9.17) is 14.7 Å². The van der Waals surface area contributed by atoms with E-state index in [2.05, 4.69) is 10.5 Å². The SMILES string of the molecule is COc1ccccc1N=C(N/N=C/c1ccccc1)c1ccc2ccccc2n1. The van der Waals surface area contributed by atoms with Gasteiger partial charge in [0.05, 0.1) is 18.8 Å². The highest BCUT2D eigenvalue weighted by Gasteiger charge is 2.08. The van der Waals surface area contributed by atoms with Crippen LogP contribution in [0.1, 0.15) is 11.3 Å². The number of methoxy groups -OCH3 is 1. The number of benzene rings is 3. The summed E-state index contributed by atoms with van der Waals surface area (Å²) in [5.41, 5.74) is 6.33. The van der Waals surface area contributed by atoms with Crippen molar-refractivity contribution in [2.75, 3.05) is 7.11 Å². The number of fused-ring (bicyclic) bond motifs is 1. The Morgan fingerprint density at radius 1 is 0.862 bits per heavy atom. The lowest BCUT2D eigenvalue weighted by atomic mass is 10.2. The van der Waals surface area contributed by atoms with Crippen LogP contribution < -0.4 is 10.2 Å². The van der Waals surface area contributed by atoms with E-state index < -0.39 is 0 Å². The maximum absolute atomic E-state index is 5.43. The third kappa shape index (κ3) is 4.47. The number of pyridine rings is 1. The number of nitrogens with one attached hydrogen (secondary N) is 1. The lowest BCUT2D eigenvalue weighted by Gasteiger charge is -2.09. The van der Waals surface area contributed by atoms with Gasteiger partial charge < -0.3 is 4.74 Å². The lowest BCUT2D eigenvalue weighted by Crippen LogP contribution is -2.20. The molecule has 0 aliphatic rings. The van der Waals surface area contributed by atoms with Crippen LogP contribution in [-0.2, 0) is 0 Å². The first kappa shape index (κ1) is 18.4. The molecule has 0 fully saturated rings. The van der Waals surface area contributed by atoms with Crippen LogP contribution in [0.25, 0.3) is 10.9 Å². The molecule has 0 saturated heterocycles. The molecule has 29 heavy (non-hydrogen) atoms. The van der Waals surface area contributed by atoms with Gasteiger partial charge in [-0.15, -0.1) is 0 Å². The normalized spacial score (nSPS) is 11.7. The van der Waals surface area contributed by atoms with Crippen molar-refractivity contribution in [3.05, 3.63) is 102 Å². The predicted molar refractivity (Wildman–Crippen MR) is 118 cm³/mol. The molecule has 0 amide bonds. The molecule has 4 aromatic rings. The van der Waals surface area contributed by atoms with E-state index in [9.17, 15) is 0 Å². The fourth-order valence-electron chi connectivity index (χ4n) is 2.89. The molecule has 1 heterocycles. The Hall–Kier alpha value is -3.99. The monoisotopic (exact) mass is 380 g/mol. The van der Waals surface area contributed by atoms with Crippen LogP contribution in [0.3, 0.4) is 0 Å². The predicted octanol–water partition coefficient (Wildman–Crippen LogP) is 4.95. The number of aliphatic imine (C=N–C) groups is 1. The Balaban J connectivity index is 1.73. The second-order valence-corrected chi connectivity index (χ2v) is 6.30. The first-order valence-electron chi connectivity index (χ1n) is 9.25. The molecule has 0 spiro atoms. The van der Waals surface area contributed by atoms with Gasteiger partial charge in [0, 0.05) is 5.39 Å². The number of hydrazone groups is 1. The summed E-state index contributed by atoms with van der Waals surface area (Å²) >= 11 is 0. The molecule has 4 rings (SSSR count). The minimum atomic E-state index is 0.535. The van der Waals surface area contributed by atoms with Gasteiger partial charge >= 0.3 is 0 Å². The Kier molecular flexibility index (Phi) is 5.58. The van der Waals surface area contributed by atoms with E-state index in [1.54, 1.807) is 13.3 Å². The lowest BCUT2D eigenvalue weighted by molar-refractivity contribution is 0.416. The van der Waals surface area contributed by atoms with Crippen molar-refractivity contribution >= 4 is 28.6 Å². The molecule has 0 bridgehead atoms. The van der Waals surface area contributed by atoms with Crippen molar-refractivity contribution in [1.82, 2.24) is 10.4 Å². The number of nitrogens with zero attached hydrogens (tertiary/aromatic N) is 3. The highest BCUT2D eigenvalue weighted by Crippen LogP contribution is 2.27. The molecule has 0 saturated carbocycles. The zero-order valence-electron chi connectivity index (χ0n) is 16.0. The van der Waals surface area contributed by atoms with Crippen LogP contribution in [0.2, 0.25) is 0 Å². The Morgan fingerprint density at radius 3 is 2.48 bits per heavy atom. The molecule has 0 unspecified atom stereocenters. The van der Waals surface area contributed by atoms with Crippen LogP contribution in [0.15, 0.2) is 101 Å². The number of hydrogen-bond donors (Lipinski definition) is 1. The third-order valence-corrected chi connectivity index (χ3v) is 4.34. The number of para-hydroxylation sites is 3. The van der Waals surface area contributed by atoms with E-state index >= 15 is 0 Å². The number of amidine groups is 1. The summed E-state index contributed by atoms with van der Waals surface area (Å²) in [6, 6.07) is 29.4. The molecule has 3 aromatic carbocycles. The number of hydrogen-bond acceptors (Lipinski definition) is 4. The molecule has 1 N–H and O–H groups in total. The average molecular weight is 380 g/mol. The zero-order valence-corrected chi connectivity index (χ0v) is 16.0. The van der Waals surface area contributed by atoms with Gasteiger partial charge in [-0.05, 0) is 29.8 Å². The quantitative estimate of drug-likeness (QED) is 0.303. The van der Waals surface area contributed by atoms with E-state index in [0.29, 0.717) is 23.0 Å². The van der Waals surface area contributed by atoms with Crippen LogP contribution in [0.5, 0.6) is 5.75 Å². The van der Waals surface area contributed by atoms with Gasteiger partial charge in [-0.25, -0.2) is 9.98 Å². The first-order valence-corrected chi connectivity index (χ1v) is 9.25. The fourth-order valence-corrected chi connectivity index (χ4v) is 2.89. The second kappa shape index (κ2) is 8.80. The van der Waals surface area contributed by atoms with Crippen LogP contribution in [-0.4, -0.2) is 24.1 Å². The standard InChI is InChI=1S/C24H20N4O/c1-29-23-14-8-7-13-21(23)27-24(28-25-17-18-9-3-2-4-10-18)22-16-15-19-11-5-6-12-20(19)26-22/h2-17H,1H3,(H,27,28)/b25-17+. The van der Waals surface area contributed by atoms with Gasteiger partial charge in [-0.1, -0.05) is 66.7 Å². The molecule has 0 radical (unpaired) electrons. The summed E-state index contributed by atoms with van der Waals surface area (Å²) in [6.07, 6.45) is 1.75. The third-order valence-electron chi connectivity index (χ3n) is 4.34. The highest BCUT2D eigenvalue weighted by molar-refractivity contribution is 6.01. The summed E-state index contributed by atoms with van der Waals surface area (Å²) in [5.74, 6) is 1.21. The molecule has 0 aliphatic carbocycles. The van der Waals surface area contributed by atoms with Gasteiger partial charge in [0.1, 0.15) is 17.1 Å². The Morgan fingerprint density at radius 2 is 1.62 bits per heavy atom. The minimum absolute atomic E-state index is 0.535. The van der Waals surface area contributed by atoms with Crippen molar-refractivity contribution in [3.8, 4) is 5.75 Å². The van der Waals surface area contributed by atoms with Gasteiger partial charge in [0.2, 0.25) is 0 Å². The van der Waals surface area contributed by atoms with Gasteiger partial charge in [0.15, 0.2) is 5.84 Å².